The van der Waals surface area contributed by atoms with Crippen LogP contribution in [0.1, 0.15) is 31.9 Å². The van der Waals surface area contributed by atoms with E-state index in [2.05, 4.69) is 62.4 Å². The van der Waals surface area contributed by atoms with Crippen LogP contribution in [0.5, 0.6) is 0 Å². The van der Waals surface area contributed by atoms with Crippen LogP contribution in [0.4, 0.5) is 0 Å². The van der Waals surface area contributed by atoms with Gasteiger partial charge in [0.25, 0.3) is 0 Å². The zero-order chi connectivity index (χ0) is 15.1. The van der Waals surface area contributed by atoms with Crippen LogP contribution in [0, 0.1) is 5.92 Å². The fraction of sp³-hybridized carbons (Fsp3) is 0.368. The molecule has 0 radical (unpaired) electrons. The minimum atomic E-state index is 0.129. The Hall–Kier alpha value is -1.25. The van der Waals surface area contributed by atoms with E-state index in [0.717, 1.165) is 11.7 Å². The van der Waals surface area contributed by atoms with Gasteiger partial charge in [0, 0.05) is 11.8 Å². The SMILES string of the molecule is CCC(C)CSCC(N)c1ccc(-c2ccccc2)cc1. The number of benzene rings is 2. The van der Waals surface area contributed by atoms with E-state index < -0.39 is 0 Å². The molecule has 2 aromatic carbocycles. The standard InChI is InChI=1S/C19H25NS/c1-3-15(2)13-21-14-19(20)18-11-9-17(10-12-18)16-7-5-4-6-8-16/h4-12,15,19H,3,13-14,20H2,1-2H3. The van der Waals surface area contributed by atoms with Gasteiger partial charge in [-0.15, -0.1) is 0 Å². The number of hydrogen-bond acceptors (Lipinski definition) is 2. The third-order valence-corrected chi connectivity index (χ3v) is 5.24. The first kappa shape index (κ1) is 16.1. The second-order valence-electron chi connectivity index (χ2n) is 5.65. The van der Waals surface area contributed by atoms with E-state index in [-0.39, 0.29) is 6.04 Å². The van der Waals surface area contributed by atoms with Crippen molar-refractivity contribution in [3.05, 3.63) is 60.2 Å². The van der Waals surface area contributed by atoms with Crippen LogP contribution in [-0.4, -0.2) is 11.5 Å². The molecule has 0 aliphatic carbocycles. The summed E-state index contributed by atoms with van der Waals surface area (Å²) in [5, 5.41) is 0. The third-order valence-electron chi connectivity index (χ3n) is 3.84. The Morgan fingerprint density at radius 3 is 2.14 bits per heavy atom. The largest absolute Gasteiger partial charge is 0.323 e. The van der Waals surface area contributed by atoms with Gasteiger partial charge in [-0.05, 0) is 28.4 Å². The molecule has 2 heteroatoms. The summed E-state index contributed by atoms with van der Waals surface area (Å²) in [6, 6.07) is 19.3. The van der Waals surface area contributed by atoms with Gasteiger partial charge in [0.1, 0.15) is 0 Å². The fourth-order valence-corrected chi connectivity index (χ4v) is 3.38. The van der Waals surface area contributed by atoms with Crippen LogP contribution in [0.2, 0.25) is 0 Å². The summed E-state index contributed by atoms with van der Waals surface area (Å²) in [6.07, 6.45) is 1.24. The van der Waals surface area contributed by atoms with Crippen molar-refractivity contribution in [3.63, 3.8) is 0 Å². The number of hydrogen-bond donors (Lipinski definition) is 1. The Morgan fingerprint density at radius 2 is 1.52 bits per heavy atom. The molecule has 0 aliphatic rings. The molecule has 0 spiro atoms. The number of nitrogens with two attached hydrogens (primary N) is 1. The topological polar surface area (TPSA) is 26.0 Å². The molecule has 0 fully saturated rings. The Kier molecular flexibility index (Phi) is 6.34. The van der Waals surface area contributed by atoms with Crippen molar-refractivity contribution in [1.29, 1.82) is 0 Å². The molecular weight excluding hydrogens is 274 g/mol. The lowest BCUT2D eigenvalue weighted by Gasteiger charge is -2.14. The van der Waals surface area contributed by atoms with E-state index in [1.54, 1.807) is 0 Å². The number of thioether (sulfide) groups is 1. The molecule has 2 aromatic rings. The Labute approximate surface area is 133 Å². The Bertz CT molecular complexity index is 521. The zero-order valence-electron chi connectivity index (χ0n) is 13.0. The molecule has 0 bridgehead atoms. The number of rotatable bonds is 7. The predicted molar refractivity (Wildman–Crippen MR) is 95.6 cm³/mol. The second-order valence-corrected chi connectivity index (χ2v) is 6.72. The monoisotopic (exact) mass is 299 g/mol. The van der Waals surface area contributed by atoms with Gasteiger partial charge in [0.05, 0.1) is 0 Å². The van der Waals surface area contributed by atoms with Crippen molar-refractivity contribution in [3.8, 4) is 11.1 Å². The molecule has 2 rings (SSSR count). The van der Waals surface area contributed by atoms with E-state index in [1.807, 2.05) is 17.8 Å². The maximum absolute atomic E-state index is 6.29. The lowest BCUT2D eigenvalue weighted by atomic mass is 10.0. The summed E-state index contributed by atoms with van der Waals surface area (Å²) < 4.78 is 0. The molecule has 0 saturated carbocycles. The first-order valence-electron chi connectivity index (χ1n) is 7.69. The molecular formula is C19H25NS. The maximum atomic E-state index is 6.29. The van der Waals surface area contributed by atoms with E-state index >= 15 is 0 Å². The van der Waals surface area contributed by atoms with Gasteiger partial charge in [-0.25, -0.2) is 0 Å². The smallest absolute Gasteiger partial charge is 0.0386 e. The van der Waals surface area contributed by atoms with Crippen molar-refractivity contribution >= 4 is 11.8 Å². The average Bonchev–Trinajstić information content (AvgIpc) is 2.55. The van der Waals surface area contributed by atoms with Crippen molar-refractivity contribution < 1.29 is 0 Å². The highest BCUT2D eigenvalue weighted by Gasteiger charge is 2.08. The first-order valence-corrected chi connectivity index (χ1v) is 8.85. The molecule has 0 aromatic heterocycles. The quantitative estimate of drug-likeness (QED) is 0.766. The van der Waals surface area contributed by atoms with Crippen LogP contribution >= 0.6 is 11.8 Å². The molecule has 2 N–H and O–H groups in total. The van der Waals surface area contributed by atoms with Gasteiger partial charge in [0.2, 0.25) is 0 Å². The van der Waals surface area contributed by atoms with E-state index in [9.17, 15) is 0 Å². The molecule has 0 heterocycles. The van der Waals surface area contributed by atoms with E-state index in [0.29, 0.717) is 0 Å². The lowest BCUT2D eigenvalue weighted by molar-refractivity contribution is 0.636. The highest BCUT2D eigenvalue weighted by atomic mass is 32.2. The lowest BCUT2D eigenvalue weighted by Crippen LogP contribution is -2.14. The average molecular weight is 299 g/mol. The zero-order valence-corrected chi connectivity index (χ0v) is 13.8. The summed E-state index contributed by atoms with van der Waals surface area (Å²) in [5.41, 5.74) is 10.0. The second kappa shape index (κ2) is 8.26. The highest BCUT2D eigenvalue weighted by molar-refractivity contribution is 7.99. The fourth-order valence-electron chi connectivity index (χ4n) is 2.16. The molecule has 2 unspecified atom stereocenters. The van der Waals surface area contributed by atoms with Crippen LogP contribution < -0.4 is 5.73 Å². The van der Waals surface area contributed by atoms with Crippen LogP contribution in [0.15, 0.2) is 54.6 Å². The molecule has 21 heavy (non-hydrogen) atoms. The van der Waals surface area contributed by atoms with Gasteiger partial charge in [-0.3, -0.25) is 0 Å². The summed E-state index contributed by atoms with van der Waals surface area (Å²) >= 11 is 1.96. The van der Waals surface area contributed by atoms with E-state index in [4.69, 9.17) is 5.73 Å². The maximum Gasteiger partial charge on any atom is 0.0386 e. The van der Waals surface area contributed by atoms with Crippen molar-refractivity contribution in [1.82, 2.24) is 0 Å². The minimum Gasteiger partial charge on any atom is -0.323 e. The van der Waals surface area contributed by atoms with Crippen LogP contribution in [0.3, 0.4) is 0 Å². The van der Waals surface area contributed by atoms with Gasteiger partial charge in [-0.2, -0.15) is 11.8 Å². The molecule has 0 amide bonds. The van der Waals surface area contributed by atoms with Crippen molar-refractivity contribution in [2.24, 2.45) is 11.7 Å². The Morgan fingerprint density at radius 1 is 0.905 bits per heavy atom. The van der Waals surface area contributed by atoms with Gasteiger partial charge in [-0.1, -0.05) is 74.9 Å². The normalized spacial score (nSPS) is 13.9. The molecule has 0 saturated heterocycles. The van der Waals surface area contributed by atoms with Crippen molar-refractivity contribution in [2.75, 3.05) is 11.5 Å². The summed E-state index contributed by atoms with van der Waals surface area (Å²) in [5.74, 6) is 2.98. The van der Waals surface area contributed by atoms with Crippen LogP contribution in [0.25, 0.3) is 11.1 Å². The van der Waals surface area contributed by atoms with Gasteiger partial charge in [0.15, 0.2) is 0 Å². The molecule has 112 valence electrons. The third kappa shape index (κ3) is 4.90. The van der Waals surface area contributed by atoms with Crippen molar-refractivity contribution in [2.45, 2.75) is 26.3 Å². The molecule has 0 aliphatic heterocycles. The Balaban J connectivity index is 1.92. The van der Waals surface area contributed by atoms with Crippen LogP contribution in [-0.2, 0) is 0 Å². The molecule has 1 nitrogen and oxygen atoms in total. The summed E-state index contributed by atoms with van der Waals surface area (Å²) in [4.78, 5) is 0. The van der Waals surface area contributed by atoms with Gasteiger partial charge >= 0.3 is 0 Å². The minimum absolute atomic E-state index is 0.129. The van der Waals surface area contributed by atoms with Gasteiger partial charge < -0.3 is 5.73 Å². The first-order chi connectivity index (χ1) is 10.2. The summed E-state index contributed by atoms with van der Waals surface area (Å²) in [6.45, 7) is 4.54. The van der Waals surface area contributed by atoms with E-state index in [1.165, 1.54) is 28.9 Å². The molecule has 2 atom stereocenters. The predicted octanol–water partition coefficient (Wildman–Crippen LogP) is 5.13. The summed E-state index contributed by atoms with van der Waals surface area (Å²) in [7, 11) is 0. The highest BCUT2D eigenvalue weighted by Crippen LogP contribution is 2.23.